The van der Waals surface area contributed by atoms with Crippen LogP contribution in [0.15, 0.2) is 36.0 Å². The van der Waals surface area contributed by atoms with Crippen molar-refractivity contribution in [3.05, 3.63) is 41.9 Å². The minimum atomic E-state index is -0.408. The van der Waals surface area contributed by atoms with E-state index in [1.165, 1.54) is 12.1 Å². The highest BCUT2D eigenvalue weighted by Gasteiger charge is 2.17. The van der Waals surface area contributed by atoms with E-state index < -0.39 is 5.91 Å². The molecule has 0 saturated carbocycles. The first-order chi connectivity index (χ1) is 11.1. The van der Waals surface area contributed by atoms with Gasteiger partial charge in [0.05, 0.1) is 0 Å². The Morgan fingerprint density at radius 3 is 2.52 bits per heavy atom. The Balaban J connectivity index is 1.92. The van der Waals surface area contributed by atoms with Gasteiger partial charge in [-0.1, -0.05) is 0 Å². The highest BCUT2D eigenvalue weighted by atomic mass is 35.5. The van der Waals surface area contributed by atoms with Crippen molar-refractivity contribution in [1.82, 2.24) is 10.2 Å². The lowest BCUT2D eigenvalue weighted by Gasteiger charge is -2.35. The van der Waals surface area contributed by atoms with Gasteiger partial charge >= 0.3 is 0 Å². The van der Waals surface area contributed by atoms with E-state index in [-0.39, 0.29) is 11.4 Å². The maximum Gasteiger partial charge on any atom is 0.263 e. The van der Waals surface area contributed by atoms with Crippen molar-refractivity contribution in [2.45, 2.75) is 0 Å². The van der Waals surface area contributed by atoms with Crippen LogP contribution in [0.3, 0.4) is 0 Å². The number of nitriles is 1. The third-order valence-electron chi connectivity index (χ3n) is 3.56. The van der Waals surface area contributed by atoms with Crippen LogP contribution < -0.4 is 10.2 Å². The maximum atomic E-state index is 13.0. The van der Waals surface area contributed by atoms with Gasteiger partial charge in [-0.2, -0.15) is 5.26 Å². The molecule has 1 fully saturated rings. The molecule has 1 N–H and O–H groups in total. The highest BCUT2D eigenvalue weighted by molar-refractivity contribution is 6.18. The summed E-state index contributed by atoms with van der Waals surface area (Å²) in [6.07, 6.45) is 1.59. The van der Waals surface area contributed by atoms with Crippen LogP contribution in [0.1, 0.15) is 0 Å². The van der Waals surface area contributed by atoms with E-state index in [0.29, 0.717) is 25.5 Å². The number of hydrogen-bond acceptors (Lipinski definition) is 4. The average Bonchev–Trinajstić information content (AvgIpc) is 2.59. The molecule has 23 heavy (non-hydrogen) atoms. The smallest absolute Gasteiger partial charge is 0.263 e. The van der Waals surface area contributed by atoms with Crippen molar-refractivity contribution in [2.75, 3.05) is 43.5 Å². The lowest BCUT2D eigenvalue weighted by atomic mass is 10.2. The van der Waals surface area contributed by atoms with Crippen LogP contribution >= 0.6 is 11.6 Å². The number of piperazine rings is 1. The monoisotopic (exact) mass is 336 g/mol. The molecule has 5 nitrogen and oxygen atoms in total. The number of hydrogen-bond donors (Lipinski definition) is 1. The van der Waals surface area contributed by atoms with Crippen LogP contribution in [0.2, 0.25) is 0 Å². The predicted molar refractivity (Wildman–Crippen MR) is 87.6 cm³/mol. The molecule has 0 bridgehead atoms. The van der Waals surface area contributed by atoms with Crippen LogP contribution in [-0.4, -0.2) is 49.4 Å². The van der Waals surface area contributed by atoms with Crippen molar-refractivity contribution in [3.8, 4) is 6.07 Å². The lowest BCUT2D eigenvalue weighted by Crippen LogP contribution is -2.44. The number of nitrogens with one attached hydrogen (secondary N) is 1. The van der Waals surface area contributed by atoms with Crippen molar-refractivity contribution >= 4 is 23.2 Å². The molecule has 1 aromatic rings. The second-order valence-corrected chi connectivity index (χ2v) is 5.48. The summed E-state index contributed by atoms with van der Waals surface area (Å²) in [4.78, 5) is 15.9. The molecule has 122 valence electrons. The van der Waals surface area contributed by atoms with Crippen molar-refractivity contribution in [1.29, 1.82) is 5.26 Å². The average molecular weight is 337 g/mol. The Morgan fingerprint density at radius 1 is 1.30 bits per heavy atom. The number of alkyl halides is 1. The Kier molecular flexibility index (Phi) is 6.24. The van der Waals surface area contributed by atoms with Crippen LogP contribution in [0, 0.1) is 17.1 Å². The zero-order valence-electron chi connectivity index (χ0n) is 12.6. The number of rotatable bonds is 5. The normalized spacial score (nSPS) is 15.3. The third kappa shape index (κ3) is 4.86. The number of halogens is 2. The largest absolute Gasteiger partial charge is 0.373 e. The molecule has 7 heteroatoms. The third-order valence-corrected chi connectivity index (χ3v) is 3.75. The van der Waals surface area contributed by atoms with E-state index in [0.717, 1.165) is 18.8 Å². The van der Waals surface area contributed by atoms with Gasteiger partial charge < -0.3 is 15.1 Å². The van der Waals surface area contributed by atoms with Crippen LogP contribution in [0.4, 0.5) is 10.1 Å². The standard InChI is InChI=1S/C16H18ClFN4O/c17-5-6-20-16(23)13(11-19)12-21-7-9-22(10-8-21)15-3-1-14(18)2-4-15/h1-4,12H,5-10H2,(H,20,23)/b13-12-. The van der Waals surface area contributed by atoms with Gasteiger partial charge in [-0.15, -0.1) is 11.6 Å². The minimum absolute atomic E-state index is 0.0744. The topological polar surface area (TPSA) is 59.4 Å². The first kappa shape index (κ1) is 17.1. The van der Waals surface area contributed by atoms with Gasteiger partial charge in [0.25, 0.3) is 5.91 Å². The highest BCUT2D eigenvalue weighted by Crippen LogP contribution is 2.17. The summed E-state index contributed by atoms with van der Waals surface area (Å²) < 4.78 is 13.0. The molecule has 0 unspecified atom stereocenters. The van der Waals surface area contributed by atoms with Gasteiger partial charge in [0.2, 0.25) is 0 Å². The molecular weight excluding hydrogens is 319 g/mol. The number of carbonyl (C=O) groups is 1. The van der Waals surface area contributed by atoms with Gasteiger partial charge in [0.1, 0.15) is 17.5 Å². The van der Waals surface area contributed by atoms with Crippen LogP contribution in [-0.2, 0) is 4.79 Å². The first-order valence-electron chi connectivity index (χ1n) is 7.34. The molecule has 1 saturated heterocycles. The quantitative estimate of drug-likeness (QED) is 0.505. The molecule has 1 heterocycles. The van der Waals surface area contributed by atoms with Crippen LogP contribution in [0.25, 0.3) is 0 Å². The first-order valence-corrected chi connectivity index (χ1v) is 7.88. The van der Waals surface area contributed by atoms with Gasteiger partial charge in [-0.25, -0.2) is 4.39 Å². The van der Waals surface area contributed by atoms with E-state index in [1.807, 2.05) is 11.0 Å². The predicted octanol–water partition coefficient (Wildman–Crippen LogP) is 1.71. The number of anilines is 1. The van der Waals surface area contributed by atoms with E-state index in [1.54, 1.807) is 18.3 Å². The second kappa shape index (κ2) is 8.39. The second-order valence-electron chi connectivity index (χ2n) is 5.10. The Labute approximate surface area is 139 Å². The molecule has 0 atom stereocenters. The summed E-state index contributed by atoms with van der Waals surface area (Å²) in [6.45, 7) is 3.18. The number of nitrogens with zero attached hydrogens (tertiary/aromatic N) is 3. The van der Waals surface area contributed by atoms with Gasteiger partial charge in [0, 0.05) is 50.5 Å². The zero-order valence-corrected chi connectivity index (χ0v) is 13.4. The Morgan fingerprint density at radius 2 is 1.96 bits per heavy atom. The molecule has 1 amide bonds. The molecule has 1 aliphatic rings. The van der Waals surface area contributed by atoms with E-state index in [4.69, 9.17) is 16.9 Å². The van der Waals surface area contributed by atoms with Gasteiger partial charge in [0.15, 0.2) is 0 Å². The molecular formula is C16H18ClFN4O. The molecule has 1 aromatic carbocycles. The summed E-state index contributed by atoms with van der Waals surface area (Å²) >= 11 is 5.51. The Hall–Kier alpha value is -2.26. The van der Waals surface area contributed by atoms with E-state index in [2.05, 4.69) is 10.2 Å². The summed E-state index contributed by atoms with van der Waals surface area (Å²) in [5.41, 5.74) is 1.04. The summed E-state index contributed by atoms with van der Waals surface area (Å²) in [7, 11) is 0. The van der Waals surface area contributed by atoms with Crippen molar-refractivity contribution < 1.29 is 9.18 Å². The summed E-state index contributed by atoms with van der Waals surface area (Å²) in [5, 5.41) is 11.7. The van der Waals surface area contributed by atoms with E-state index in [9.17, 15) is 9.18 Å². The number of amides is 1. The summed E-state index contributed by atoms with van der Waals surface area (Å²) in [6, 6.07) is 8.30. The number of carbonyl (C=O) groups excluding carboxylic acids is 1. The van der Waals surface area contributed by atoms with Gasteiger partial charge in [-0.3, -0.25) is 4.79 Å². The Bertz CT molecular complexity index is 604. The minimum Gasteiger partial charge on any atom is -0.373 e. The molecule has 1 aliphatic heterocycles. The van der Waals surface area contributed by atoms with Gasteiger partial charge in [-0.05, 0) is 24.3 Å². The zero-order chi connectivity index (χ0) is 16.7. The molecule has 0 radical (unpaired) electrons. The molecule has 2 rings (SSSR count). The fraction of sp³-hybridized carbons (Fsp3) is 0.375. The van der Waals surface area contributed by atoms with Crippen molar-refractivity contribution in [2.24, 2.45) is 0 Å². The lowest BCUT2D eigenvalue weighted by molar-refractivity contribution is -0.117. The molecule has 0 spiro atoms. The van der Waals surface area contributed by atoms with E-state index >= 15 is 0 Å². The fourth-order valence-corrected chi connectivity index (χ4v) is 2.43. The number of benzene rings is 1. The van der Waals surface area contributed by atoms with Crippen LogP contribution in [0.5, 0.6) is 0 Å². The maximum absolute atomic E-state index is 13.0. The molecule has 0 aromatic heterocycles. The summed E-state index contributed by atoms with van der Waals surface area (Å²) in [5.74, 6) is -0.355. The van der Waals surface area contributed by atoms with Crippen molar-refractivity contribution in [3.63, 3.8) is 0 Å². The SMILES string of the molecule is N#C/C(=C/N1CCN(c2ccc(F)cc2)CC1)C(=O)NCCCl. The fourth-order valence-electron chi connectivity index (χ4n) is 2.34. The molecule has 0 aliphatic carbocycles.